The molecule has 0 aliphatic rings. The summed E-state index contributed by atoms with van der Waals surface area (Å²) in [6, 6.07) is 0. The van der Waals surface area contributed by atoms with Crippen LogP contribution in [-0.4, -0.2) is 35.9 Å². The summed E-state index contributed by atoms with van der Waals surface area (Å²) in [7, 11) is 0. The molecule has 96 valence electrons. The van der Waals surface area contributed by atoms with Crippen LogP contribution in [0, 0.1) is 5.92 Å². The van der Waals surface area contributed by atoms with Crippen molar-refractivity contribution in [3.63, 3.8) is 0 Å². The van der Waals surface area contributed by atoms with E-state index >= 15 is 0 Å². The SMILES string of the molecule is CC(C)Cc1nnc(NC(=O)COCCN)s1. The molecular weight excluding hydrogens is 240 g/mol. The highest BCUT2D eigenvalue weighted by molar-refractivity contribution is 7.15. The first-order valence-electron chi connectivity index (χ1n) is 5.52. The molecule has 1 amide bonds. The zero-order chi connectivity index (χ0) is 12.7. The fourth-order valence-corrected chi connectivity index (χ4v) is 2.11. The van der Waals surface area contributed by atoms with Gasteiger partial charge in [-0.05, 0) is 5.92 Å². The Hall–Kier alpha value is -1.05. The lowest BCUT2D eigenvalue weighted by Crippen LogP contribution is -2.20. The monoisotopic (exact) mass is 258 g/mol. The van der Waals surface area contributed by atoms with E-state index in [-0.39, 0.29) is 12.5 Å². The Labute approximate surface area is 105 Å². The Morgan fingerprint density at radius 3 is 2.94 bits per heavy atom. The molecule has 0 atom stereocenters. The highest BCUT2D eigenvalue weighted by Gasteiger charge is 2.09. The summed E-state index contributed by atoms with van der Waals surface area (Å²) in [6.45, 7) is 5.00. The number of hydrogen-bond donors (Lipinski definition) is 2. The fraction of sp³-hybridized carbons (Fsp3) is 0.700. The van der Waals surface area contributed by atoms with Gasteiger partial charge in [0.15, 0.2) is 0 Å². The number of nitrogens with two attached hydrogens (primary N) is 1. The molecule has 0 unspecified atom stereocenters. The lowest BCUT2D eigenvalue weighted by Gasteiger charge is -2.01. The second-order valence-electron chi connectivity index (χ2n) is 3.99. The van der Waals surface area contributed by atoms with Gasteiger partial charge in [-0.25, -0.2) is 0 Å². The van der Waals surface area contributed by atoms with Crippen molar-refractivity contribution < 1.29 is 9.53 Å². The Balaban J connectivity index is 2.35. The van der Waals surface area contributed by atoms with E-state index in [0.717, 1.165) is 11.4 Å². The molecule has 0 fully saturated rings. The van der Waals surface area contributed by atoms with Gasteiger partial charge >= 0.3 is 0 Å². The topological polar surface area (TPSA) is 90.1 Å². The van der Waals surface area contributed by atoms with E-state index in [1.165, 1.54) is 11.3 Å². The van der Waals surface area contributed by atoms with E-state index in [9.17, 15) is 4.79 Å². The normalized spacial score (nSPS) is 10.8. The zero-order valence-corrected chi connectivity index (χ0v) is 10.9. The van der Waals surface area contributed by atoms with Crippen LogP contribution in [0.5, 0.6) is 0 Å². The number of carbonyl (C=O) groups excluding carboxylic acids is 1. The van der Waals surface area contributed by atoms with Gasteiger partial charge in [-0.3, -0.25) is 10.1 Å². The van der Waals surface area contributed by atoms with Gasteiger partial charge in [-0.15, -0.1) is 10.2 Å². The molecule has 1 aromatic heterocycles. The number of carbonyl (C=O) groups is 1. The number of rotatable bonds is 7. The summed E-state index contributed by atoms with van der Waals surface area (Å²) in [5.74, 6) is 0.296. The molecule has 0 spiro atoms. The summed E-state index contributed by atoms with van der Waals surface area (Å²) in [5, 5.41) is 12.0. The number of amides is 1. The van der Waals surface area contributed by atoms with Crippen molar-refractivity contribution in [2.45, 2.75) is 20.3 Å². The van der Waals surface area contributed by atoms with Crippen molar-refractivity contribution in [3.8, 4) is 0 Å². The first kappa shape index (κ1) is 14.0. The van der Waals surface area contributed by atoms with Crippen molar-refractivity contribution in [1.82, 2.24) is 10.2 Å². The number of nitrogens with one attached hydrogen (secondary N) is 1. The summed E-state index contributed by atoms with van der Waals surface area (Å²) >= 11 is 1.39. The van der Waals surface area contributed by atoms with Crippen LogP contribution in [0.4, 0.5) is 5.13 Å². The largest absolute Gasteiger partial charge is 0.370 e. The van der Waals surface area contributed by atoms with Gasteiger partial charge in [0.05, 0.1) is 6.61 Å². The van der Waals surface area contributed by atoms with E-state index in [2.05, 4.69) is 29.4 Å². The van der Waals surface area contributed by atoms with E-state index < -0.39 is 0 Å². The molecule has 0 aliphatic carbocycles. The maximum absolute atomic E-state index is 11.4. The van der Waals surface area contributed by atoms with Gasteiger partial charge in [-0.1, -0.05) is 25.2 Å². The predicted molar refractivity (Wildman–Crippen MR) is 67.0 cm³/mol. The predicted octanol–water partition coefficient (Wildman–Crippen LogP) is 0.650. The highest BCUT2D eigenvalue weighted by Crippen LogP contribution is 2.17. The van der Waals surface area contributed by atoms with Crippen LogP contribution >= 0.6 is 11.3 Å². The Morgan fingerprint density at radius 2 is 2.29 bits per heavy atom. The summed E-state index contributed by atoms with van der Waals surface area (Å²) in [6.07, 6.45) is 0.872. The molecule has 0 saturated carbocycles. The molecule has 3 N–H and O–H groups in total. The van der Waals surface area contributed by atoms with E-state index in [0.29, 0.717) is 24.2 Å². The van der Waals surface area contributed by atoms with E-state index in [4.69, 9.17) is 10.5 Å². The van der Waals surface area contributed by atoms with Crippen LogP contribution in [-0.2, 0) is 16.0 Å². The van der Waals surface area contributed by atoms with Gasteiger partial charge in [-0.2, -0.15) is 0 Å². The Morgan fingerprint density at radius 1 is 1.53 bits per heavy atom. The first-order chi connectivity index (χ1) is 8.11. The molecule has 1 rings (SSSR count). The fourth-order valence-electron chi connectivity index (χ4n) is 1.14. The van der Waals surface area contributed by atoms with Gasteiger partial charge in [0.25, 0.3) is 5.91 Å². The lowest BCUT2D eigenvalue weighted by atomic mass is 10.1. The average molecular weight is 258 g/mol. The molecule has 0 bridgehead atoms. The van der Waals surface area contributed by atoms with Gasteiger partial charge in [0.2, 0.25) is 5.13 Å². The number of nitrogens with zero attached hydrogens (tertiary/aromatic N) is 2. The van der Waals surface area contributed by atoms with Crippen LogP contribution in [0.1, 0.15) is 18.9 Å². The number of hydrogen-bond acceptors (Lipinski definition) is 6. The average Bonchev–Trinajstić information content (AvgIpc) is 2.64. The zero-order valence-electron chi connectivity index (χ0n) is 10.1. The lowest BCUT2D eigenvalue weighted by molar-refractivity contribution is -0.120. The van der Waals surface area contributed by atoms with E-state index in [1.807, 2.05) is 0 Å². The third kappa shape index (κ3) is 5.71. The maximum atomic E-state index is 11.4. The summed E-state index contributed by atoms with van der Waals surface area (Å²) < 4.78 is 5.01. The minimum Gasteiger partial charge on any atom is -0.370 e. The highest BCUT2D eigenvalue weighted by atomic mass is 32.1. The number of ether oxygens (including phenoxy) is 1. The molecular formula is C10H18N4O2S. The quantitative estimate of drug-likeness (QED) is 0.701. The van der Waals surface area contributed by atoms with Gasteiger partial charge < -0.3 is 10.5 Å². The minimum absolute atomic E-state index is 0.00368. The van der Waals surface area contributed by atoms with Crippen LogP contribution in [0.3, 0.4) is 0 Å². The molecule has 1 heterocycles. The second-order valence-corrected chi connectivity index (χ2v) is 5.05. The van der Waals surface area contributed by atoms with Crippen molar-refractivity contribution in [3.05, 3.63) is 5.01 Å². The van der Waals surface area contributed by atoms with Crippen molar-refractivity contribution in [2.24, 2.45) is 11.7 Å². The third-order valence-electron chi connectivity index (χ3n) is 1.79. The molecule has 0 aliphatic heterocycles. The van der Waals surface area contributed by atoms with Crippen LogP contribution < -0.4 is 11.1 Å². The van der Waals surface area contributed by atoms with Crippen molar-refractivity contribution >= 4 is 22.4 Å². The summed E-state index contributed by atoms with van der Waals surface area (Å²) in [4.78, 5) is 11.4. The molecule has 6 nitrogen and oxygen atoms in total. The first-order valence-corrected chi connectivity index (χ1v) is 6.33. The van der Waals surface area contributed by atoms with Gasteiger partial charge in [0, 0.05) is 13.0 Å². The maximum Gasteiger partial charge on any atom is 0.252 e. The van der Waals surface area contributed by atoms with Crippen molar-refractivity contribution in [1.29, 1.82) is 0 Å². The third-order valence-corrected chi connectivity index (χ3v) is 2.65. The standard InChI is InChI=1S/C10H18N4O2S/c1-7(2)5-9-13-14-10(17-9)12-8(15)6-16-4-3-11/h7H,3-6,11H2,1-2H3,(H,12,14,15). The minimum atomic E-state index is -0.231. The van der Waals surface area contributed by atoms with Crippen LogP contribution in [0.2, 0.25) is 0 Å². The van der Waals surface area contributed by atoms with E-state index in [1.54, 1.807) is 0 Å². The molecule has 0 aromatic carbocycles. The second kappa shape index (κ2) is 7.31. The smallest absolute Gasteiger partial charge is 0.252 e. The summed E-state index contributed by atoms with van der Waals surface area (Å²) in [5.41, 5.74) is 5.24. The van der Waals surface area contributed by atoms with Crippen LogP contribution in [0.15, 0.2) is 0 Å². The Kier molecular flexibility index (Phi) is 6.03. The molecule has 0 radical (unpaired) electrons. The molecule has 0 saturated heterocycles. The van der Waals surface area contributed by atoms with Gasteiger partial charge in [0.1, 0.15) is 11.6 Å². The number of aromatic nitrogens is 2. The molecule has 7 heteroatoms. The van der Waals surface area contributed by atoms with Crippen molar-refractivity contribution in [2.75, 3.05) is 25.1 Å². The number of anilines is 1. The Bertz CT molecular complexity index is 354. The molecule has 17 heavy (non-hydrogen) atoms. The van der Waals surface area contributed by atoms with Crippen LogP contribution in [0.25, 0.3) is 0 Å². The molecule has 1 aromatic rings.